The van der Waals surface area contributed by atoms with E-state index in [2.05, 4.69) is 4.57 Å². The number of nitrogens with zero attached hydrogens (tertiary/aromatic N) is 1. The topological polar surface area (TPSA) is 51.5 Å². The van der Waals surface area contributed by atoms with Crippen LogP contribution in [0.15, 0.2) is 54.6 Å². The third-order valence-electron chi connectivity index (χ3n) is 5.07. The number of ether oxygens (including phenoxy) is 1. The largest absolute Gasteiger partial charge is 0.507 e. The van der Waals surface area contributed by atoms with Gasteiger partial charge in [0.15, 0.2) is 0 Å². The second-order valence-corrected chi connectivity index (χ2v) is 6.59. The molecule has 27 heavy (non-hydrogen) atoms. The van der Waals surface area contributed by atoms with Gasteiger partial charge in [-0.3, -0.25) is 0 Å². The number of aryl methyl sites for hydroxylation is 1. The fourth-order valence-corrected chi connectivity index (χ4v) is 3.88. The summed E-state index contributed by atoms with van der Waals surface area (Å²) < 4.78 is 7.42. The van der Waals surface area contributed by atoms with E-state index < -0.39 is 0 Å². The molecule has 0 radical (unpaired) electrons. The zero-order valence-electron chi connectivity index (χ0n) is 15.6. The van der Waals surface area contributed by atoms with Crippen molar-refractivity contribution < 1.29 is 14.6 Å². The quantitative estimate of drug-likeness (QED) is 0.506. The minimum Gasteiger partial charge on any atom is -0.507 e. The van der Waals surface area contributed by atoms with Crippen LogP contribution in [0.3, 0.4) is 0 Å². The van der Waals surface area contributed by atoms with Crippen LogP contribution >= 0.6 is 0 Å². The second kappa shape index (κ2) is 6.47. The van der Waals surface area contributed by atoms with Crippen LogP contribution < -0.4 is 0 Å². The second-order valence-electron chi connectivity index (χ2n) is 6.59. The van der Waals surface area contributed by atoms with E-state index in [0.29, 0.717) is 17.7 Å². The Bertz CT molecular complexity index is 1170. The van der Waals surface area contributed by atoms with Crippen molar-refractivity contribution in [1.82, 2.24) is 4.57 Å². The highest BCUT2D eigenvalue weighted by Crippen LogP contribution is 2.42. The Morgan fingerprint density at radius 2 is 1.63 bits per heavy atom. The maximum Gasteiger partial charge on any atom is 0.340 e. The van der Waals surface area contributed by atoms with Crippen molar-refractivity contribution in [1.29, 1.82) is 0 Å². The molecule has 0 saturated carbocycles. The summed E-state index contributed by atoms with van der Waals surface area (Å²) in [5.41, 5.74) is 3.87. The van der Waals surface area contributed by atoms with Crippen LogP contribution in [0.5, 0.6) is 5.75 Å². The predicted octanol–water partition coefficient (Wildman–Crippen LogP) is 5.28. The molecular weight excluding hydrogens is 338 g/mol. The summed E-state index contributed by atoms with van der Waals surface area (Å²) in [4.78, 5) is 12.8. The van der Waals surface area contributed by atoms with Gasteiger partial charge in [-0.15, -0.1) is 0 Å². The van der Waals surface area contributed by atoms with Crippen molar-refractivity contribution >= 4 is 27.6 Å². The average molecular weight is 359 g/mol. The van der Waals surface area contributed by atoms with E-state index in [1.807, 2.05) is 68.4 Å². The Hall–Kier alpha value is -3.27. The van der Waals surface area contributed by atoms with Gasteiger partial charge in [-0.2, -0.15) is 0 Å². The molecule has 0 aliphatic rings. The molecule has 0 unspecified atom stereocenters. The molecule has 1 heterocycles. The highest BCUT2D eigenvalue weighted by atomic mass is 16.5. The molecule has 4 rings (SSSR count). The van der Waals surface area contributed by atoms with E-state index in [0.717, 1.165) is 33.1 Å². The number of hydrogen-bond donors (Lipinski definition) is 1. The molecule has 0 fully saturated rings. The third-order valence-corrected chi connectivity index (χ3v) is 5.07. The summed E-state index contributed by atoms with van der Waals surface area (Å²) >= 11 is 0. The fourth-order valence-electron chi connectivity index (χ4n) is 3.88. The molecule has 0 saturated heterocycles. The number of aromatic nitrogens is 1. The van der Waals surface area contributed by atoms with Crippen molar-refractivity contribution in [2.75, 3.05) is 6.61 Å². The van der Waals surface area contributed by atoms with Crippen LogP contribution in [0.2, 0.25) is 0 Å². The van der Waals surface area contributed by atoms with Crippen molar-refractivity contribution in [2.45, 2.75) is 20.8 Å². The minimum atomic E-state index is -0.368. The van der Waals surface area contributed by atoms with Crippen LogP contribution in [0.1, 0.15) is 28.5 Å². The number of aromatic hydroxyl groups is 1. The number of esters is 1. The van der Waals surface area contributed by atoms with Gasteiger partial charge in [0.05, 0.1) is 17.7 Å². The van der Waals surface area contributed by atoms with E-state index >= 15 is 0 Å². The number of benzene rings is 3. The lowest BCUT2D eigenvalue weighted by molar-refractivity contribution is 0.0527. The number of hydrogen-bond acceptors (Lipinski definition) is 3. The lowest BCUT2D eigenvalue weighted by atomic mass is 9.98. The minimum absolute atomic E-state index is 0.203. The molecule has 3 aromatic carbocycles. The molecule has 4 nitrogen and oxygen atoms in total. The molecule has 0 spiro atoms. The van der Waals surface area contributed by atoms with Gasteiger partial charge >= 0.3 is 5.97 Å². The smallest absolute Gasteiger partial charge is 0.340 e. The summed E-state index contributed by atoms with van der Waals surface area (Å²) in [7, 11) is 0. The Balaban J connectivity index is 2.26. The average Bonchev–Trinajstić information content (AvgIpc) is 3.00. The molecule has 0 bridgehead atoms. The lowest BCUT2D eigenvalue weighted by Crippen LogP contribution is -2.07. The zero-order valence-corrected chi connectivity index (χ0v) is 15.6. The van der Waals surface area contributed by atoms with Crippen molar-refractivity contribution in [3.05, 3.63) is 71.4 Å². The number of carbonyl (C=O) groups excluding carboxylic acids is 1. The van der Waals surface area contributed by atoms with Crippen molar-refractivity contribution in [3.63, 3.8) is 0 Å². The maximum absolute atomic E-state index is 12.8. The monoisotopic (exact) mass is 359 g/mol. The maximum atomic E-state index is 12.8. The summed E-state index contributed by atoms with van der Waals surface area (Å²) in [6.07, 6.45) is 0. The first-order chi connectivity index (χ1) is 13.1. The number of para-hydroxylation sites is 1. The van der Waals surface area contributed by atoms with Crippen LogP contribution in [-0.4, -0.2) is 22.2 Å². The first kappa shape index (κ1) is 17.2. The van der Waals surface area contributed by atoms with E-state index in [1.165, 1.54) is 0 Å². The Labute approximate surface area is 157 Å². The van der Waals surface area contributed by atoms with Gasteiger partial charge < -0.3 is 14.4 Å². The van der Waals surface area contributed by atoms with Gasteiger partial charge in [0.1, 0.15) is 5.75 Å². The summed E-state index contributed by atoms with van der Waals surface area (Å²) in [5, 5.41) is 13.2. The number of fused-ring (bicyclic) bond motifs is 3. The van der Waals surface area contributed by atoms with E-state index in [4.69, 9.17) is 4.74 Å². The van der Waals surface area contributed by atoms with Gasteiger partial charge in [-0.05, 0) is 32.9 Å². The van der Waals surface area contributed by atoms with Crippen LogP contribution in [0, 0.1) is 13.8 Å². The molecule has 1 N–H and O–H groups in total. The Morgan fingerprint density at radius 1 is 1.00 bits per heavy atom. The van der Waals surface area contributed by atoms with Gasteiger partial charge in [0.2, 0.25) is 0 Å². The van der Waals surface area contributed by atoms with Gasteiger partial charge in [-0.1, -0.05) is 42.5 Å². The normalized spacial score (nSPS) is 11.2. The van der Waals surface area contributed by atoms with Gasteiger partial charge in [-0.25, -0.2) is 4.79 Å². The molecule has 136 valence electrons. The zero-order chi connectivity index (χ0) is 19.1. The van der Waals surface area contributed by atoms with E-state index in [9.17, 15) is 9.90 Å². The van der Waals surface area contributed by atoms with Crippen molar-refractivity contribution in [2.24, 2.45) is 0 Å². The number of phenolic OH excluding ortho intramolecular Hbond substituents is 1. The molecule has 4 aromatic rings. The molecular formula is C23H21NO3. The van der Waals surface area contributed by atoms with E-state index in [-0.39, 0.29) is 11.7 Å². The Kier molecular flexibility index (Phi) is 4.11. The number of carbonyl (C=O) groups is 1. The van der Waals surface area contributed by atoms with Crippen LogP contribution in [0.4, 0.5) is 0 Å². The van der Waals surface area contributed by atoms with Gasteiger partial charge in [0, 0.05) is 33.1 Å². The van der Waals surface area contributed by atoms with Crippen LogP contribution in [-0.2, 0) is 4.74 Å². The van der Waals surface area contributed by atoms with E-state index in [1.54, 1.807) is 6.92 Å². The molecule has 0 aliphatic carbocycles. The SMILES string of the molecule is CCOC(=O)c1c(C)n(-c2ccccc2)c2c1c(C)c(O)c1ccccc12. The first-order valence-electron chi connectivity index (χ1n) is 9.04. The lowest BCUT2D eigenvalue weighted by Gasteiger charge is -2.12. The molecule has 4 heteroatoms. The molecule has 0 amide bonds. The summed E-state index contributed by atoms with van der Waals surface area (Å²) in [6.45, 7) is 5.87. The summed E-state index contributed by atoms with van der Waals surface area (Å²) in [6, 6.07) is 17.7. The third kappa shape index (κ3) is 2.48. The van der Waals surface area contributed by atoms with Gasteiger partial charge in [0.25, 0.3) is 0 Å². The molecule has 0 atom stereocenters. The first-order valence-corrected chi connectivity index (χ1v) is 9.04. The molecule has 0 aliphatic heterocycles. The molecule has 1 aromatic heterocycles. The number of rotatable bonds is 3. The highest BCUT2D eigenvalue weighted by Gasteiger charge is 2.26. The van der Waals surface area contributed by atoms with Crippen molar-refractivity contribution in [3.8, 4) is 11.4 Å². The number of phenols is 1. The summed E-state index contributed by atoms with van der Waals surface area (Å²) in [5.74, 6) is -0.165. The highest BCUT2D eigenvalue weighted by molar-refractivity contribution is 6.18. The van der Waals surface area contributed by atoms with Crippen LogP contribution in [0.25, 0.3) is 27.4 Å². The fraction of sp³-hybridized carbons (Fsp3) is 0.174. The Morgan fingerprint density at radius 3 is 2.30 bits per heavy atom. The predicted molar refractivity (Wildman–Crippen MR) is 108 cm³/mol. The standard InChI is InChI=1S/C23H21NO3/c1-4-27-23(26)20-15(3)24(16-10-6-5-7-11-16)21-17-12-8-9-13-18(17)22(25)14(2)19(20)21/h5-13,25H,4H2,1-3H3.